The fourth-order valence-electron chi connectivity index (χ4n) is 3.88. The van der Waals surface area contributed by atoms with E-state index in [4.69, 9.17) is 4.74 Å². The highest BCUT2D eigenvalue weighted by molar-refractivity contribution is 5.69. The summed E-state index contributed by atoms with van der Waals surface area (Å²) >= 11 is 0. The average Bonchev–Trinajstić information content (AvgIpc) is 2.87. The van der Waals surface area contributed by atoms with E-state index in [0.717, 1.165) is 24.2 Å². The second-order valence-corrected chi connectivity index (χ2v) is 5.18. The van der Waals surface area contributed by atoms with Gasteiger partial charge < -0.3 is 4.74 Å². The molecule has 0 N–H and O–H groups in total. The number of ether oxygens (including phenoxy) is 1. The van der Waals surface area contributed by atoms with Crippen LogP contribution >= 0.6 is 0 Å². The van der Waals surface area contributed by atoms with Crippen molar-refractivity contribution in [2.24, 2.45) is 23.7 Å². The van der Waals surface area contributed by atoms with Crippen LogP contribution in [0.3, 0.4) is 0 Å². The van der Waals surface area contributed by atoms with Crippen molar-refractivity contribution in [3.05, 3.63) is 12.2 Å². The van der Waals surface area contributed by atoms with Crippen LogP contribution in [0.2, 0.25) is 0 Å². The lowest BCUT2D eigenvalue weighted by Gasteiger charge is -2.30. The molecule has 0 amide bonds. The van der Waals surface area contributed by atoms with Gasteiger partial charge in [0.2, 0.25) is 0 Å². The van der Waals surface area contributed by atoms with Crippen molar-refractivity contribution in [3.63, 3.8) is 0 Å². The van der Waals surface area contributed by atoms with E-state index in [1.165, 1.54) is 12.8 Å². The second kappa shape index (κ2) is 3.36. The van der Waals surface area contributed by atoms with Crippen LogP contribution in [0, 0.1) is 23.7 Å². The summed E-state index contributed by atoms with van der Waals surface area (Å²) in [5.74, 6) is 3.04. The quantitative estimate of drug-likeness (QED) is 0.512. The maximum atomic E-state index is 11.3. The average molecular weight is 206 g/mol. The number of fused-ring (bicyclic) bond motifs is 5. The fraction of sp³-hybridized carbons (Fsp3) is 0.769. The van der Waals surface area contributed by atoms with E-state index in [1.807, 2.05) is 6.92 Å². The van der Waals surface area contributed by atoms with Crippen molar-refractivity contribution in [2.75, 3.05) is 0 Å². The monoisotopic (exact) mass is 206 g/mol. The Bertz CT molecular complexity index is 308. The zero-order valence-corrected chi connectivity index (χ0v) is 9.19. The summed E-state index contributed by atoms with van der Waals surface area (Å²) in [7, 11) is 0. The zero-order chi connectivity index (χ0) is 10.4. The SMILES string of the molecule is CCC(=O)O[C@@H]1C[C@H]2C[C@H]1[C@H]1CC=C[C@@H]21. The van der Waals surface area contributed by atoms with Crippen LogP contribution in [-0.4, -0.2) is 12.1 Å². The molecule has 2 fully saturated rings. The first kappa shape index (κ1) is 9.44. The number of carbonyl (C=O) groups is 1. The molecule has 0 spiro atoms. The third-order valence-electron chi connectivity index (χ3n) is 4.51. The van der Waals surface area contributed by atoms with E-state index in [9.17, 15) is 4.79 Å². The zero-order valence-electron chi connectivity index (χ0n) is 9.19. The van der Waals surface area contributed by atoms with E-state index in [-0.39, 0.29) is 12.1 Å². The van der Waals surface area contributed by atoms with Gasteiger partial charge in [-0.2, -0.15) is 0 Å². The predicted octanol–water partition coefficient (Wildman–Crippen LogP) is 2.54. The second-order valence-electron chi connectivity index (χ2n) is 5.18. The molecule has 15 heavy (non-hydrogen) atoms. The molecule has 0 aromatic rings. The van der Waals surface area contributed by atoms with Crippen LogP contribution in [-0.2, 0) is 9.53 Å². The third kappa shape index (κ3) is 1.34. The smallest absolute Gasteiger partial charge is 0.305 e. The van der Waals surface area contributed by atoms with Crippen molar-refractivity contribution in [1.82, 2.24) is 0 Å². The van der Waals surface area contributed by atoms with Gasteiger partial charge in [-0.3, -0.25) is 4.79 Å². The summed E-state index contributed by atoms with van der Waals surface area (Å²) in [5, 5.41) is 0. The molecule has 0 radical (unpaired) electrons. The molecule has 3 aliphatic carbocycles. The Hall–Kier alpha value is -0.790. The summed E-state index contributed by atoms with van der Waals surface area (Å²) < 4.78 is 5.54. The minimum Gasteiger partial charge on any atom is -0.462 e. The largest absolute Gasteiger partial charge is 0.462 e. The Labute approximate surface area is 90.7 Å². The fourth-order valence-corrected chi connectivity index (χ4v) is 3.88. The summed E-state index contributed by atoms with van der Waals surface area (Å²) in [5.41, 5.74) is 0. The molecule has 2 saturated carbocycles. The van der Waals surface area contributed by atoms with Crippen LogP contribution in [0.5, 0.6) is 0 Å². The third-order valence-corrected chi connectivity index (χ3v) is 4.51. The van der Waals surface area contributed by atoms with Gasteiger partial charge in [-0.15, -0.1) is 0 Å². The van der Waals surface area contributed by atoms with Gasteiger partial charge in [0.15, 0.2) is 0 Å². The summed E-state index contributed by atoms with van der Waals surface area (Å²) in [4.78, 5) is 11.3. The van der Waals surface area contributed by atoms with Gasteiger partial charge in [0.25, 0.3) is 0 Å². The predicted molar refractivity (Wildman–Crippen MR) is 57.1 cm³/mol. The van der Waals surface area contributed by atoms with Gasteiger partial charge in [0, 0.05) is 6.42 Å². The molecule has 5 atom stereocenters. The molecule has 2 bridgehead atoms. The number of rotatable bonds is 2. The van der Waals surface area contributed by atoms with Gasteiger partial charge >= 0.3 is 5.97 Å². The van der Waals surface area contributed by atoms with Gasteiger partial charge in [0.1, 0.15) is 6.10 Å². The molecule has 82 valence electrons. The standard InChI is InChI=1S/C13H18O2/c1-2-13(14)15-12-7-8-6-11(12)10-5-3-4-9(8)10/h3-4,8-12H,2,5-7H2,1H3/t8-,9+,10+,11+,12-/m1/s1. The lowest BCUT2D eigenvalue weighted by atomic mass is 9.80. The van der Waals surface area contributed by atoms with Gasteiger partial charge in [-0.05, 0) is 42.9 Å². The van der Waals surface area contributed by atoms with Crippen LogP contribution in [0.1, 0.15) is 32.6 Å². The van der Waals surface area contributed by atoms with E-state index >= 15 is 0 Å². The molecule has 3 rings (SSSR count). The van der Waals surface area contributed by atoms with Crippen molar-refractivity contribution < 1.29 is 9.53 Å². The molecule has 0 aromatic carbocycles. The lowest BCUT2D eigenvalue weighted by molar-refractivity contribution is -0.152. The van der Waals surface area contributed by atoms with Crippen LogP contribution in [0.4, 0.5) is 0 Å². The first-order chi connectivity index (χ1) is 7.29. The topological polar surface area (TPSA) is 26.3 Å². The minimum atomic E-state index is -0.0185. The number of allylic oxidation sites excluding steroid dienone is 2. The molecule has 0 aromatic heterocycles. The number of hydrogen-bond acceptors (Lipinski definition) is 2. The first-order valence-corrected chi connectivity index (χ1v) is 6.15. The molecule has 2 heteroatoms. The number of hydrogen-bond donors (Lipinski definition) is 0. The van der Waals surface area contributed by atoms with Crippen molar-refractivity contribution in [2.45, 2.75) is 38.7 Å². The molecular formula is C13H18O2. The van der Waals surface area contributed by atoms with E-state index in [0.29, 0.717) is 12.3 Å². The van der Waals surface area contributed by atoms with Crippen molar-refractivity contribution in [1.29, 1.82) is 0 Å². The van der Waals surface area contributed by atoms with Crippen LogP contribution in [0.15, 0.2) is 12.2 Å². The minimum absolute atomic E-state index is 0.0185. The number of carbonyl (C=O) groups excluding carboxylic acids is 1. The van der Waals surface area contributed by atoms with E-state index < -0.39 is 0 Å². The Morgan fingerprint density at radius 3 is 3.07 bits per heavy atom. The maximum Gasteiger partial charge on any atom is 0.305 e. The van der Waals surface area contributed by atoms with Crippen molar-refractivity contribution >= 4 is 5.97 Å². The molecule has 0 aliphatic heterocycles. The highest BCUT2D eigenvalue weighted by Gasteiger charge is 2.53. The Morgan fingerprint density at radius 2 is 2.27 bits per heavy atom. The van der Waals surface area contributed by atoms with Gasteiger partial charge in [0.05, 0.1) is 0 Å². The highest BCUT2D eigenvalue weighted by Crippen LogP contribution is 2.57. The summed E-state index contributed by atoms with van der Waals surface area (Å²) in [6, 6.07) is 0. The first-order valence-electron chi connectivity index (χ1n) is 6.15. The number of esters is 1. The normalized spacial score (nSPS) is 45.8. The van der Waals surface area contributed by atoms with Crippen molar-refractivity contribution in [3.8, 4) is 0 Å². The molecule has 0 saturated heterocycles. The van der Waals surface area contributed by atoms with Gasteiger partial charge in [-0.25, -0.2) is 0 Å². The van der Waals surface area contributed by atoms with E-state index in [1.54, 1.807) is 0 Å². The summed E-state index contributed by atoms with van der Waals surface area (Å²) in [6.07, 6.45) is 9.09. The van der Waals surface area contributed by atoms with Crippen LogP contribution < -0.4 is 0 Å². The van der Waals surface area contributed by atoms with E-state index in [2.05, 4.69) is 12.2 Å². The summed E-state index contributed by atoms with van der Waals surface area (Å²) in [6.45, 7) is 1.87. The molecule has 0 unspecified atom stereocenters. The molecule has 3 aliphatic rings. The maximum absolute atomic E-state index is 11.3. The Kier molecular flexibility index (Phi) is 2.11. The Balaban J connectivity index is 1.69. The van der Waals surface area contributed by atoms with Crippen LogP contribution in [0.25, 0.3) is 0 Å². The lowest BCUT2D eigenvalue weighted by Crippen LogP contribution is -2.32. The Morgan fingerprint density at radius 1 is 1.40 bits per heavy atom. The van der Waals surface area contributed by atoms with Gasteiger partial charge in [-0.1, -0.05) is 19.1 Å². The molecule has 0 heterocycles. The highest BCUT2D eigenvalue weighted by atomic mass is 16.5. The molecular weight excluding hydrogens is 188 g/mol. The molecule has 2 nitrogen and oxygen atoms in total.